The van der Waals surface area contributed by atoms with Crippen molar-refractivity contribution in [2.75, 3.05) is 21.3 Å². The molecule has 2 aromatic rings. The smallest absolute Gasteiger partial charge is 0.203 e. The summed E-state index contributed by atoms with van der Waals surface area (Å²) < 4.78 is 16.2. The van der Waals surface area contributed by atoms with Crippen LogP contribution >= 0.6 is 0 Å². The second-order valence-electron chi connectivity index (χ2n) is 6.44. The van der Waals surface area contributed by atoms with Crippen LogP contribution in [0.3, 0.4) is 0 Å². The van der Waals surface area contributed by atoms with Crippen molar-refractivity contribution >= 4 is 0 Å². The number of fused-ring (bicyclic) bond motifs is 1. The van der Waals surface area contributed by atoms with Crippen molar-refractivity contribution in [3.8, 4) is 28.7 Å². The molecular formula is C20H24O6. The van der Waals surface area contributed by atoms with E-state index in [1.165, 1.54) is 27.4 Å². The Morgan fingerprint density at radius 3 is 2.15 bits per heavy atom. The number of aromatic hydroxyl groups is 2. The van der Waals surface area contributed by atoms with Crippen LogP contribution in [0, 0.1) is 0 Å². The number of hydrogen-bond donors (Lipinski definition) is 3. The maximum atomic E-state index is 11.6. The highest BCUT2D eigenvalue weighted by Gasteiger charge is 2.38. The van der Waals surface area contributed by atoms with E-state index < -0.39 is 5.60 Å². The number of rotatable bonds is 4. The molecule has 0 saturated carbocycles. The zero-order chi connectivity index (χ0) is 18.9. The molecule has 0 heterocycles. The highest BCUT2D eigenvalue weighted by Crippen LogP contribution is 2.48. The van der Waals surface area contributed by atoms with E-state index in [0.717, 1.165) is 12.8 Å². The summed E-state index contributed by atoms with van der Waals surface area (Å²) in [5.74, 6) is 0.992. The molecule has 6 heteroatoms. The van der Waals surface area contributed by atoms with Crippen molar-refractivity contribution in [2.24, 2.45) is 0 Å². The molecule has 2 aromatic carbocycles. The molecular weight excluding hydrogens is 336 g/mol. The number of aliphatic hydroxyl groups is 1. The van der Waals surface area contributed by atoms with Gasteiger partial charge in [0.1, 0.15) is 5.60 Å². The van der Waals surface area contributed by atoms with Gasteiger partial charge in [0, 0.05) is 5.56 Å². The summed E-state index contributed by atoms with van der Waals surface area (Å²) in [7, 11) is 4.57. The lowest BCUT2D eigenvalue weighted by Gasteiger charge is -2.31. The molecule has 0 bridgehead atoms. The fraction of sp³-hybridized carbons (Fsp3) is 0.400. The summed E-state index contributed by atoms with van der Waals surface area (Å²) in [5.41, 5.74) is 0.391. The molecule has 3 rings (SSSR count). The average molecular weight is 360 g/mol. The van der Waals surface area contributed by atoms with Gasteiger partial charge in [0.05, 0.1) is 21.3 Å². The quantitative estimate of drug-likeness (QED) is 0.574. The van der Waals surface area contributed by atoms with Gasteiger partial charge in [0.25, 0.3) is 0 Å². The highest BCUT2D eigenvalue weighted by molar-refractivity contribution is 5.59. The van der Waals surface area contributed by atoms with Gasteiger partial charge in [-0.05, 0) is 55.0 Å². The van der Waals surface area contributed by atoms with Gasteiger partial charge in [-0.25, -0.2) is 0 Å². The van der Waals surface area contributed by atoms with Gasteiger partial charge >= 0.3 is 0 Å². The lowest BCUT2D eigenvalue weighted by molar-refractivity contribution is 0.0696. The summed E-state index contributed by atoms with van der Waals surface area (Å²) >= 11 is 0. The van der Waals surface area contributed by atoms with Crippen LogP contribution in [0.4, 0.5) is 0 Å². The Morgan fingerprint density at radius 1 is 0.923 bits per heavy atom. The number of phenols is 2. The lowest BCUT2D eigenvalue weighted by Crippen LogP contribution is -2.27. The number of phenolic OH excluding ortho intramolecular Hbond substituents is 2. The van der Waals surface area contributed by atoms with Crippen LogP contribution in [0.2, 0.25) is 0 Å². The van der Waals surface area contributed by atoms with Gasteiger partial charge in [0.15, 0.2) is 23.0 Å². The molecule has 140 valence electrons. The van der Waals surface area contributed by atoms with Gasteiger partial charge < -0.3 is 29.5 Å². The minimum Gasteiger partial charge on any atom is -0.504 e. The van der Waals surface area contributed by atoms with Crippen molar-refractivity contribution < 1.29 is 29.5 Å². The van der Waals surface area contributed by atoms with E-state index in [2.05, 4.69) is 0 Å². The molecule has 26 heavy (non-hydrogen) atoms. The fourth-order valence-electron chi connectivity index (χ4n) is 3.70. The predicted octanol–water partition coefficient (Wildman–Crippen LogP) is 3.09. The topological polar surface area (TPSA) is 88.4 Å². The Labute approximate surface area is 152 Å². The third-order valence-electron chi connectivity index (χ3n) is 5.06. The first-order valence-corrected chi connectivity index (χ1v) is 8.53. The standard InChI is InChI=1S/C20H24O6/c1-24-16-10-12(11-17(25-2)19(16)26-3)20(23)9-5-4-6-13-14(20)7-8-15(21)18(13)22/h7-8,10-11,21-23H,4-6,9H2,1-3H3. The van der Waals surface area contributed by atoms with Crippen LogP contribution in [-0.4, -0.2) is 36.6 Å². The maximum Gasteiger partial charge on any atom is 0.203 e. The van der Waals surface area contributed by atoms with Crippen LogP contribution in [-0.2, 0) is 12.0 Å². The molecule has 6 nitrogen and oxygen atoms in total. The first kappa shape index (κ1) is 18.2. The molecule has 0 aliphatic heterocycles. The van der Waals surface area contributed by atoms with E-state index in [0.29, 0.717) is 46.8 Å². The molecule has 1 aliphatic carbocycles. The van der Waals surface area contributed by atoms with E-state index in [4.69, 9.17) is 14.2 Å². The molecule has 1 aliphatic rings. The average Bonchev–Trinajstić information content (AvgIpc) is 2.83. The van der Waals surface area contributed by atoms with Crippen LogP contribution in [0.25, 0.3) is 0 Å². The number of ether oxygens (including phenoxy) is 3. The lowest BCUT2D eigenvalue weighted by atomic mass is 9.81. The maximum absolute atomic E-state index is 11.6. The van der Waals surface area contributed by atoms with Crippen molar-refractivity contribution in [2.45, 2.75) is 31.3 Å². The minimum atomic E-state index is -1.34. The van der Waals surface area contributed by atoms with Gasteiger partial charge in [0.2, 0.25) is 5.75 Å². The Balaban J connectivity index is 2.25. The Hall–Kier alpha value is -2.60. The molecule has 0 radical (unpaired) electrons. The normalized spacial score (nSPS) is 19.4. The van der Waals surface area contributed by atoms with Crippen LogP contribution in [0.1, 0.15) is 36.0 Å². The summed E-state index contributed by atoms with van der Waals surface area (Å²) in [6.45, 7) is 0. The van der Waals surface area contributed by atoms with E-state index in [9.17, 15) is 15.3 Å². The molecule has 0 saturated heterocycles. The van der Waals surface area contributed by atoms with Crippen LogP contribution < -0.4 is 14.2 Å². The van der Waals surface area contributed by atoms with Crippen LogP contribution in [0.15, 0.2) is 24.3 Å². The zero-order valence-corrected chi connectivity index (χ0v) is 15.2. The summed E-state index contributed by atoms with van der Waals surface area (Å²) in [4.78, 5) is 0. The van der Waals surface area contributed by atoms with Gasteiger partial charge in [-0.3, -0.25) is 0 Å². The fourth-order valence-corrected chi connectivity index (χ4v) is 3.70. The second-order valence-corrected chi connectivity index (χ2v) is 6.44. The number of methoxy groups -OCH3 is 3. The summed E-state index contributed by atoms with van der Waals surface area (Å²) in [6, 6.07) is 6.52. The Kier molecular flexibility index (Phi) is 4.87. The summed E-state index contributed by atoms with van der Waals surface area (Å²) in [6.07, 6.45) is 2.63. The third kappa shape index (κ3) is 2.80. The van der Waals surface area contributed by atoms with E-state index in [1.54, 1.807) is 18.2 Å². The highest BCUT2D eigenvalue weighted by atomic mass is 16.5. The number of hydrogen-bond acceptors (Lipinski definition) is 6. The Morgan fingerprint density at radius 2 is 1.58 bits per heavy atom. The van der Waals surface area contributed by atoms with Gasteiger partial charge in [-0.2, -0.15) is 0 Å². The van der Waals surface area contributed by atoms with E-state index in [1.807, 2.05) is 0 Å². The number of benzene rings is 2. The Bertz CT molecular complexity index is 791. The first-order valence-electron chi connectivity index (χ1n) is 8.53. The van der Waals surface area contributed by atoms with E-state index >= 15 is 0 Å². The van der Waals surface area contributed by atoms with Crippen molar-refractivity contribution in [3.63, 3.8) is 0 Å². The first-order chi connectivity index (χ1) is 12.5. The van der Waals surface area contributed by atoms with Crippen molar-refractivity contribution in [1.82, 2.24) is 0 Å². The summed E-state index contributed by atoms with van der Waals surface area (Å²) in [5, 5.41) is 31.8. The largest absolute Gasteiger partial charge is 0.504 e. The molecule has 0 aromatic heterocycles. The molecule has 0 spiro atoms. The molecule has 1 atom stereocenters. The SMILES string of the molecule is COc1cc(C2(O)CCCCc3c2ccc(O)c3O)cc(OC)c1OC. The van der Waals surface area contributed by atoms with Gasteiger partial charge in [-0.15, -0.1) is 0 Å². The van der Waals surface area contributed by atoms with Crippen molar-refractivity contribution in [3.05, 3.63) is 41.0 Å². The van der Waals surface area contributed by atoms with Crippen molar-refractivity contribution in [1.29, 1.82) is 0 Å². The third-order valence-corrected chi connectivity index (χ3v) is 5.06. The van der Waals surface area contributed by atoms with Gasteiger partial charge in [-0.1, -0.05) is 6.07 Å². The predicted molar refractivity (Wildman–Crippen MR) is 96.4 cm³/mol. The molecule has 0 fully saturated rings. The van der Waals surface area contributed by atoms with Crippen LogP contribution in [0.5, 0.6) is 28.7 Å². The zero-order valence-electron chi connectivity index (χ0n) is 15.2. The minimum absolute atomic E-state index is 0.171. The van der Waals surface area contributed by atoms with E-state index in [-0.39, 0.29) is 11.5 Å². The molecule has 1 unspecified atom stereocenters. The second kappa shape index (κ2) is 6.96. The monoisotopic (exact) mass is 360 g/mol. The molecule has 0 amide bonds. The molecule has 3 N–H and O–H groups in total.